The Morgan fingerprint density at radius 3 is 2.77 bits per heavy atom. The number of benzene rings is 2. The van der Waals surface area contributed by atoms with Crippen molar-refractivity contribution in [2.24, 2.45) is 0 Å². The topological polar surface area (TPSA) is 65.5 Å². The van der Waals surface area contributed by atoms with E-state index < -0.39 is 0 Å². The molecule has 4 rings (SSSR count). The smallest absolute Gasteiger partial charge is 0.232 e. The Balaban J connectivity index is 1.50. The molecule has 2 heterocycles. The van der Waals surface area contributed by atoms with E-state index in [4.69, 9.17) is 0 Å². The Morgan fingerprint density at radius 1 is 1.15 bits per heavy atom. The van der Waals surface area contributed by atoms with Crippen molar-refractivity contribution < 1.29 is 9.90 Å². The molecule has 0 saturated heterocycles. The molecular weight excluding hydrogens is 346 g/mol. The van der Waals surface area contributed by atoms with Crippen LogP contribution in [0.5, 0.6) is 5.88 Å². The molecule has 132 valence electrons. The van der Waals surface area contributed by atoms with E-state index >= 15 is 0 Å². The van der Waals surface area contributed by atoms with Crippen LogP contribution in [0.4, 0.5) is 16.5 Å². The van der Waals surface area contributed by atoms with Gasteiger partial charge >= 0.3 is 0 Å². The molecule has 2 N–H and O–H groups in total. The van der Waals surface area contributed by atoms with Gasteiger partial charge in [0.2, 0.25) is 11.8 Å². The van der Waals surface area contributed by atoms with E-state index in [-0.39, 0.29) is 18.2 Å². The number of nitrogens with one attached hydrogen (secondary N) is 1. The van der Waals surface area contributed by atoms with Crippen molar-refractivity contribution in [3.05, 3.63) is 65.0 Å². The standard InChI is InChI=1S/C20H19N3O2S/c24-18(23-12-6-8-14-7-4-5-11-16(14)23)13-17-19(25)22-20(26-17)21-15-9-2-1-3-10-15/h1-5,7,9-11,25H,6,8,12-13H2,(H,21,22). The highest BCUT2D eigenvalue weighted by Gasteiger charge is 2.24. The van der Waals surface area contributed by atoms with Crippen LogP contribution in [-0.4, -0.2) is 22.5 Å². The fraction of sp³-hybridized carbons (Fsp3) is 0.200. The molecule has 0 saturated carbocycles. The van der Waals surface area contributed by atoms with Crippen molar-refractivity contribution in [3.63, 3.8) is 0 Å². The quantitative estimate of drug-likeness (QED) is 0.730. The third kappa shape index (κ3) is 3.41. The number of thiazole rings is 1. The lowest BCUT2D eigenvalue weighted by Crippen LogP contribution is -2.36. The second-order valence-electron chi connectivity index (χ2n) is 6.21. The Labute approximate surface area is 155 Å². The van der Waals surface area contributed by atoms with Gasteiger partial charge in [0.05, 0.1) is 11.3 Å². The molecule has 1 aliphatic heterocycles. The van der Waals surface area contributed by atoms with Crippen LogP contribution in [0.3, 0.4) is 0 Å². The van der Waals surface area contributed by atoms with Gasteiger partial charge in [-0.15, -0.1) is 0 Å². The summed E-state index contributed by atoms with van der Waals surface area (Å²) < 4.78 is 0. The van der Waals surface area contributed by atoms with E-state index in [1.807, 2.05) is 53.4 Å². The average Bonchev–Trinajstić information content (AvgIpc) is 3.01. The van der Waals surface area contributed by atoms with E-state index in [1.165, 1.54) is 16.9 Å². The van der Waals surface area contributed by atoms with Gasteiger partial charge in [-0.05, 0) is 36.6 Å². The minimum Gasteiger partial charge on any atom is -0.492 e. The highest BCUT2D eigenvalue weighted by atomic mass is 32.1. The van der Waals surface area contributed by atoms with Crippen molar-refractivity contribution in [2.45, 2.75) is 19.3 Å². The number of nitrogens with zero attached hydrogens (tertiary/aromatic N) is 2. The van der Waals surface area contributed by atoms with Crippen molar-refractivity contribution in [3.8, 4) is 5.88 Å². The number of hydrogen-bond acceptors (Lipinski definition) is 5. The minimum atomic E-state index is -0.0768. The summed E-state index contributed by atoms with van der Waals surface area (Å²) in [4.78, 5) is 19.4. The maximum absolute atomic E-state index is 12.8. The second-order valence-corrected chi connectivity index (χ2v) is 7.29. The summed E-state index contributed by atoms with van der Waals surface area (Å²) in [6, 6.07) is 17.6. The Bertz CT molecular complexity index is 924. The molecule has 26 heavy (non-hydrogen) atoms. The molecule has 0 unspecified atom stereocenters. The first-order chi connectivity index (χ1) is 12.7. The summed E-state index contributed by atoms with van der Waals surface area (Å²) in [5.41, 5.74) is 3.08. The predicted molar refractivity (Wildman–Crippen MR) is 104 cm³/mol. The van der Waals surface area contributed by atoms with E-state index in [1.54, 1.807) is 0 Å². The monoisotopic (exact) mass is 365 g/mol. The van der Waals surface area contributed by atoms with Crippen LogP contribution in [0.2, 0.25) is 0 Å². The van der Waals surface area contributed by atoms with Gasteiger partial charge in [0, 0.05) is 17.9 Å². The summed E-state index contributed by atoms with van der Waals surface area (Å²) in [7, 11) is 0. The maximum Gasteiger partial charge on any atom is 0.232 e. The molecule has 0 bridgehead atoms. The molecule has 1 aliphatic rings. The number of anilines is 3. The summed E-state index contributed by atoms with van der Waals surface area (Å²) in [5.74, 6) is -0.0885. The molecule has 0 atom stereocenters. The van der Waals surface area contributed by atoms with Crippen molar-refractivity contribution >= 4 is 33.8 Å². The Morgan fingerprint density at radius 2 is 1.92 bits per heavy atom. The molecule has 2 aromatic carbocycles. The van der Waals surface area contributed by atoms with Crippen LogP contribution < -0.4 is 10.2 Å². The lowest BCUT2D eigenvalue weighted by molar-refractivity contribution is -0.118. The van der Waals surface area contributed by atoms with Gasteiger partial charge in [0.25, 0.3) is 0 Å². The third-order valence-corrected chi connectivity index (χ3v) is 5.38. The zero-order valence-electron chi connectivity index (χ0n) is 14.2. The molecule has 0 radical (unpaired) electrons. The summed E-state index contributed by atoms with van der Waals surface area (Å²) in [5, 5.41) is 13.9. The number of fused-ring (bicyclic) bond motifs is 1. The maximum atomic E-state index is 12.8. The molecule has 6 heteroatoms. The van der Waals surface area contributed by atoms with Gasteiger partial charge in [-0.25, -0.2) is 0 Å². The Hall–Kier alpha value is -2.86. The molecule has 0 fully saturated rings. The van der Waals surface area contributed by atoms with Crippen LogP contribution in [0.15, 0.2) is 54.6 Å². The predicted octanol–water partition coefficient (Wildman–Crippen LogP) is 4.11. The number of aryl methyl sites for hydroxylation is 1. The van der Waals surface area contributed by atoms with Crippen molar-refractivity contribution in [2.75, 3.05) is 16.8 Å². The number of rotatable bonds is 4. The number of carbonyl (C=O) groups is 1. The van der Waals surface area contributed by atoms with Crippen molar-refractivity contribution in [1.82, 2.24) is 4.98 Å². The van der Waals surface area contributed by atoms with Crippen molar-refractivity contribution in [1.29, 1.82) is 0 Å². The van der Waals surface area contributed by atoms with Gasteiger partial charge in [0.15, 0.2) is 5.13 Å². The first kappa shape index (κ1) is 16.6. The minimum absolute atomic E-state index is 0.0117. The summed E-state index contributed by atoms with van der Waals surface area (Å²) in [6.45, 7) is 0.713. The van der Waals surface area contributed by atoms with Gasteiger partial charge in [-0.2, -0.15) is 4.98 Å². The van der Waals surface area contributed by atoms with Crippen LogP contribution >= 0.6 is 11.3 Å². The third-order valence-electron chi connectivity index (χ3n) is 4.42. The first-order valence-corrected chi connectivity index (χ1v) is 9.41. The van der Waals surface area contributed by atoms with Gasteiger partial charge in [0.1, 0.15) is 0 Å². The fourth-order valence-electron chi connectivity index (χ4n) is 3.18. The zero-order valence-corrected chi connectivity index (χ0v) is 15.0. The SMILES string of the molecule is O=C(Cc1sc(Nc2ccccc2)nc1O)N1CCCc2ccccc21. The van der Waals surface area contributed by atoms with E-state index in [0.717, 1.165) is 24.2 Å². The molecular formula is C20H19N3O2S. The molecule has 1 aromatic heterocycles. The van der Waals surface area contributed by atoms with Crippen LogP contribution in [0, 0.1) is 0 Å². The Kier molecular flexibility index (Phi) is 4.58. The lowest BCUT2D eigenvalue weighted by Gasteiger charge is -2.29. The molecule has 0 aliphatic carbocycles. The highest BCUT2D eigenvalue weighted by molar-refractivity contribution is 7.16. The molecule has 1 amide bonds. The van der Waals surface area contributed by atoms with E-state index in [2.05, 4.69) is 16.4 Å². The van der Waals surface area contributed by atoms with Crippen LogP contribution in [0.1, 0.15) is 16.9 Å². The van der Waals surface area contributed by atoms with Crippen LogP contribution in [-0.2, 0) is 17.6 Å². The molecule has 3 aromatic rings. The zero-order chi connectivity index (χ0) is 17.9. The second kappa shape index (κ2) is 7.17. The lowest BCUT2D eigenvalue weighted by atomic mass is 10.0. The highest BCUT2D eigenvalue weighted by Crippen LogP contribution is 2.32. The number of aromatic nitrogens is 1. The molecule has 0 spiro atoms. The fourth-order valence-corrected chi connectivity index (χ4v) is 4.05. The number of carbonyl (C=O) groups excluding carboxylic acids is 1. The van der Waals surface area contributed by atoms with Gasteiger partial charge < -0.3 is 15.3 Å². The normalized spacial score (nSPS) is 13.3. The largest absolute Gasteiger partial charge is 0.492 e. The summed E-state index contributed by atoms with van der Waals surface area (Å²) in [6.07, 6.45) is 2.10. The number of hydrogen-bond donors (Lipinski definition) is 2. The van der Waals surface area contributed by atoms with Gasteiger partial charge in [-0.3, -0.25) is 4.79 Å². The van der Waals surface area contributed by atoms with Gasteiger partial charge in [-0.1, -0.05) is 47.7 Å². The average molecular weight is 365 g/mol. The van der Waals surface area contributed by atoms with E-state index in [9.17, 15) is 9.90 Å². The van der Waals surface area contributed by atoms with E-state index in [0.29, 0.717) is 16.6 Å². The number of para-hydroxylation sites is 2. The summed E-state index contributed by atoms with van der Waals surface area (Å²) >= 11 is 1.31. The molecule has 5 nitrogen and oxygen atoms in total. The first-order valence-electron chi connectivity index (χ1n) is 8.60. The number of aromatic hydroxyl groups is 1. The van der Waals surface area contributed by atoms with Crippen LogP contribution in [0.25, 0.3) is 0 Å². The number of amides is 1.